The zero-order valence-corrected chi connectivity index (χ0v) is 17.1. The molecule has 1 amide bonds. The number of ether oxygens (including phenoxy) is 2. The van der Waals surface area contributed by atoms with Crippen molar-refractivity contribution in [3.05, 3.63) is 0 Å². The zero-order valence-electron chi connectivity index (χ0n) is 17.1. The summed E-state index contributed by atoms with van der Waals surface area (Å²) in [6.07, 6.45) is 2.25. The predicted molar refractivity (Wildman–Crippen MR) is 104 cm³/mol. The number of nitrogens with zero attached hydrogens (tertiary/aromatic N) is 3. The number of likely N-dealkylation sites (tertiary alicyclic amines) is 1. The largest absolute Gasteiger partial charge is 0.378 e. The summed E-state index contributed by atoms with van der Waals surface area (Å²) in [6, 6.07) is 0. The van der Waals surface area contributed by atoms with Gasteiger partial charge in [-0.15, -0.1) is 0 Å². The minimum Gasteiger partial charge on any atom is -0.378 e. The third-order valence-electron chi connectivity index (χ3n) is 5.90. The lowest BCUT2D eigenvalue weighted by atomic mass is 9.87. The van der Waals surface area contributed by atoms with Gasteiger partial charge < -0.3 is 19.3 Å². The molecule has 0 aliphatic carbocycles. The van der Waals surface area contributed by atoms with Gasteiger partial charge in [-0.25, -0.2) is 0 Å². The first-order valence-electron chi connectivity index (χ1n) is 10.5. The Balaban J connectivity index is 1.43. The van der Waals surface area contributed by atoms with Crippen LogP contribution in [0.25, 0.3) is 0 Å². The molecule has 2 rings (SSSR count). The average molecular weight is 370 g/mol. The van der Waals surface area contributed by atoms with Crippen LogP contribution in [0.5, 0.6) is 0 Å². The third kappa shape index (κ3) is 7.51. The van der Waals surface area contributed by atoms with Crippen LogP contribution in [0.2, 0.25) is 0 Å². The van der Waals surface area contributed by atoms with Gasteiger partial charge in [-0.1, -0.05) is 20.8 Å². The molecular formula is C20H39N3O3. The zero-order chi connectivity index (χ0) is 18.8. The van der Waals surface area contributed by atoms with Gasteiger partial charge in [-0.3, -0.25) is 9.69 Å². The number of piperidine rings is 1. The SMILES string of the molecule is CCN1CCN(CCOCCOCC(=O)N2CCC(C(C)C)CC2)CC1. The van der Waals surface area contributed by atoms with E-state index in [2.05, 4.69) is 30.6 Å². The Morgan fingerprint density at radius 1 is 0.923 bits per heavy atom. The number of rotatable bonds is 10. The van der Waals surface area contributed by atoms with Crippen molar-refractivity contribution in [2.45, 2.75) is 33.6 Å². The Kier molecular flexibility index (Phi) is 9.89. The van der Waals surface area contributed by atoms with Gasteiger partial charge in [0.2, 0.25) is 5.91 Å². The first-order valence-corrected chi connectivity index (χ1v) is 10.5. The topological polar surface area (TPSA) is 45.3 Å². The molecule has 0 aromatic heterocycles. The Morgan fingerprint density at radius 2 is 1.54 bits per heavy atom. The normalized spacial score (nSPS) is 20.8. The van der Waals surface area contributed by atoms with Crippen LogP contribution >= 0.6 is 0 Å². The van der Waals surface area contributed by atoms with Crippen LogP contribution < -0.4 is 0 Å². The van der Waals surface area contributed by atoms with E-state index >= 15 is 0 Å². The molecule has 0 N–H and O–H groups in total. The molecule has 2 aliphatic rings. The predicted octanol–water partition coefficient (Wildman–Crippen LogP) is 1.55. The van der Waals surface area contributed by atoms with Crippen molar-refractivity contribution < 1.29 is 14.3 Å². The van der Waals surface area contributed by atoms with E-state index in [4.69, 9.17) is 9.47 Å². The second kappa shape index (κ2) is 11.9. The fourth-order valence-electron chi connectivity index (χ4n) is 3.81. The van der Waals surface area contributed by atoms with Gasteiger partial charge in [-0.05, 0) is 31.2 Å². The van der Waals surface area contributed by atoms with Crippen LogP contribution in [0, 0.1) is 11.8 Å². The summed E-state index contributed by atoms with van der Waals surface area (Å²) >= 11 is 0. The van der Waals surface area contributed by atoms with Crippen LogP contribution in [0.15, 0.2) is 0 Å². The van der Waals surface area contributed by atoms with Gasteiger partial charge in [0.05, 0.1) is 19.8 Å². The van der Waals surface area contributed by atoms with E-state index in [9.17, 15) is 4.79 Å². The maximum Gasteiger partial charge on any atom is 0.248 e. The van der Waals surface area contributed by atoms with Gasteiger partial charge in [0.15, 0.2) is 0 Å². The number of piperazine rings is 1. The van der Waals surface area contributed by atoms with E-state index in [-0.39, 0.29) is 12.5 Å². The molecule has 0 aromatic rings. The molecule has 0 radical (unpaired) electrons. The van der Waals surface area contributed by atoms with Crippen molar-refractivity contribution in [3.8, 4) is 0 Å². The highest BCUT2D eigenvalue weighted by atomic mass is 16.5. The highest BCUT2D eigenvalue weighted by Gasteiger charge is 2.24. The van der Waals surface area contributed by atoms with Crippen LogP contribution in [0.1, 0.15) is 33.6 Å². The first-order chi connectivity index (χ1) is 12.6. The van der Waals surface area contributed by atoms with Gasteiger partial charge in [0.25, 0.3) is 0 Å². The summed E-state index contributed by atoms with van der Waals surface area (Å²) in [5.41, 5.74) is 0. The number of hydrogen-bond donors (Lipinski definition) is 0. The fourth-order valence-corrected chi connectivity index (χ4v) is 3.81. The van der Waals surface area contributed by atoms with Gasteiger partial charge in [-0.2, -0.15) is 0 Å². The highest BCUT2D eigenvalue weighted by Crippen LogP contribution is 2.24. The van der Waals surface area contributed by atoms with Crippen LogP contribution in [-0.4, -0.2) is 99.4 Å². The molecule has 0 aromatic carbocycles. The summed E-state index contributed by atoms with van der Waals surface area (Å²) < 4.78 is 11.2. The molecule has 0 atom stereocenters. The molecule has 6 heteroatoms. The standard InChI is InChI=1S/C20H39N3O3/c1-4-21-9-11-22(12-10-21)13-14-25-15-16-26-17-20(24)23-7-5-19(6-8-23)18(2)3/h18-19H,4-17H2,1-3H3. The van der Waals surface area contributed by atoms with Crippen molar-refractivity contribution in [2.75, 3.05) is 78.8 Å². The molecule has 2 aliphatic heterocycles. The lowest BCUT2D eigenvalue weighted by Gasteiger charge is -2.34. The van der Waals surface area contributed by atoms with Crippen LogP contribution in [0.4, 0.5) is 0 Å². The monoisotopic (exact) mass is 369 g/mol. The maximum atomic E-state index is 12.2. The molecule has 2 heterocycles. The lowest BCUT2D eigenvalue weighted by molar-refractivity contribution is -0.138. The third-order valence-corrected chi connectivity index (χ3v) is 5.90. The van der Waals surface area contributed by atoms with Gasteiger partial charge in [0.1, 0.15) is 6.61 Å². The van der Waals surface area contributed by atoms with Crippen molar-refractivity contribution in [3.63, 3.8) is 0 Å². The number of hydrogen-bond acceptors (Lipinski definition) is 5. The van der Waals surface area contributed by atoms with E-state index < -0.39 is 0 Å². The first kappa shape index (κ1) is 21.6. The van der Waals surface area contributed by atoms with Gasteiger partial charge >= 0.3 is 0 Å². The molecule has 2 saturated heterocycles. The van der Waals surface area contributed by atoms with Gasteiger partial charge in [0, 0.05) is 45.8 Å². The minimum absolute atomic E-state index is 0.126. The molecule has 2 fully saturated rings. The second-order valence-electron chi connectivity index (χ2n) is 7.90. The Hall–Kier alpha value is -0.690. The summed E-state index contributed by atoms with van der Waals surface area (Å²) in [5.74, 6) is 1.61. The maximum absolute atomic E-state index is 12.2. The molecule has 0 bridgehead atoms. The van der Waals surface area contributed by atoms with Crippen molar-refractivity contribution >= 4 is 5.91 Å². The number of likely N-dealkylation sites (N-methyl/N-ethyl adjacent to an activating group) is 1. The summed E-state index contributed by atoms with van der Waals surface area (Å²) in [6.45, 7) is 17.3. The van der Waals surface area contributed by atoms with Crippen LogP contribution in [0.3, 0.4) is 0 Å². The quantitative estimate of drug-likeness (QED) is 0.547. The van der Waals surface area contributed by atoms with Crippen molar-refractivity contribution in [2.24, 2.45) is 11.8 Å². The highest BCUT2D eigenvalue weighted by molar-refractivity contribution is 5.77. The fraction of sp³-hybridized carbons (Fsp3) is 0.950. The Morgan fingerprint density at radius 3 is 2.15 bits per heavy atom. The molecule has 0 unspecified atom stereocenters. The summed E-state index contributed by atoms with van der Waals surface area (Å²) in [7, 11) is 0. The van der Waals surface area contributed by atoms with E-state index in [0.29, 0.717) is 13.2 Å². The molecule has 0 spiro atoms. The summed E-state index contributed by atoms with van der Waals surface area (Å²) in [5, 5.41) is 0. The van der Waals surface area contributed by atoms with E-state index in [1.54, 1.807) is 0 Å². The van der Waals surface area contributed by atoms with Crippen LogP contribution in [-0.2, 0) is 14.3 Å². The number of amides is 1. The molecule has 26 heavy (non-hydrogen) atoms. The number of carbonyl (C=O) groups excluding carboxylic acids is 1. The van der Waals surface area contributed by atoms with E-state index in [1.165, 1.54) is 0 Å². The number of carbonyl (C=O) groups is 1. The Labute approximate surface area is 159 Å². The molecular weight excluding hydrogens is 330 g/mol. The second-order valence-corrected chi connectivity index (χ2v) is 7.90. The van der Waals surface area contributed by atoms with E-state index in [0.717, 1.165) is 83.6 Å². The van der Waals surface area contributed by atoms with E-state index in [1.807, 2.05) is 4.90 Å². The molecule has 152 valence electrons. The molecule has 0 saturated carbocycles. The lowest BCUT2D eigenvalue weighted by Crippen LogP contribution is -2.47. The van der Waals surface area contributed by atoms with Crippen molar-refractivity contribution in [1.29, 1.82) is 0 Å². The summed E-state index contributed by atoms with van der Waals surface area (Å²) in [4.78, 5) is 19.1. The average Bonchev–Trinajstić information content (AvgIpc) is 2.67. The minimum atomic E-state index is 0.126. The van der Waals surface area contributed by atoms with Crippen molar-refractivity contribution in [1.82, 2.24) is 14.7 Å². The molecule has 6 nitrogen and oxygen atoms in total. The smallest absolute Gasteiger partial charge is 0.248 e. The Bertz CT molecular complexity index is 390.